The van der Waals surface area contributed by atoms with Crippen molar-refractivity contribution in [3.8, 4) is 0 Å². The molecule has 0 aliphatic heterocycles. The normalized spacial score (nSPS) is 15.6. The second-order valence-corrected chi connectivity index (χ2v) is 1.75. The summed E-state index contributed by atoms with van der Waals surface area (Å²) in [6.45, 7) is 0. The van der Waals surface area contributed by atoms with E-state index in [2.05, 4.69) is 4.74 Å². The number of esters is 1. The molecule has 0 spiro atoms. The molecule has 0 atom stereocenters. The predicted octanol–water partition coefficient (Wildman–Crippen LogP) is -2.99. The summed E-state index contributed by atoms with van der Waals surface area (Å²) in [6.07, 6.45) is 2.07. The minimum absolute atomic E-state index is 0. The van der Waals surface area contributed by atoms with Crippen LogP contribution in [-0.2, 0) is 14.3 Å². The van der Waals surface area contributed by atoms with Crippen LogP contribution in [0.15, 0.2) is 0 Å². The summed E-state index contributed by atoms with van der Waals surface area (Å²) in [6, 6.07) is 0. The number of rotatable bonds is 2. The largest absolute Gasteiger partial charge is 1.00 e. The van der Waals surface area contributed by atoms with Crippen LogP contribution in [0.5, 0.6) is 0 Å². The Morgan fingerprint density at radius 1 is 1.67 bits per heavy atom. The van der Waals surface area contributed by atoms with Gasteiger partial charge in [0.05, 0.1) is 0 Å². The standard InChI is InChI=1S/C5H6O3.Na.H/c6-3-5(7)8-4-1-2-4;;/h3-4H,1-2H2;;/q;+1;-1. The van der Waals surface area contributed by atoms with Gasteiger partial charge < -0.3 is 6.16 Å². The summed E-state index contributed by atoms with van der Waals surface area (Å²) in [5.41, 5.74) is 0. The van der Waals surface area contributed by atoms with Crippen molar-refractivity contribution in [1.29, 1.82) is 0 Å². The number of hydrogen-bond acceptors (Lipinski definition) is 3. The molecule has 0 aromatic heterocycles. The van der Waals surface area contributed by atoms with E-state index in [1.165, 1.54) is 0 Å². The van der Waals surface area contributed by atoms with Gasteiger partial charge in [0.1, 0.15) is 6.10 Å². The second kappa shape index (κ2) is 4.04. The van der Waals surface area contributed by atoms with E-state index in [9.17, 15) is 9.59 Å². The van der Waals surface area contributed by atoms with Gasteiger partial charge >= 0.3 is 35.5 Å². The van der Waals surface area contributed by atoms with Gasteiger partial charge in [-0.05, 0) is 12.8 Å². The Hall–Kier alpha value is 0.140. The molecule has 1 rings (SSSR count). The minimum Gasteiger partial charge on any atom is -1.00 e. The summed E-state index contributed by atoms with van der Waals surface area (Å²) < 4.78 is 4.50. The molecule has 0 bridgehead atoms. The van der Waals surface area contributed by atoms with E-state index in [0.717, 1.165) is 12.8 Å². The summed E-state index contributed by atoms with van der Waals surface area (Å²) in [7, 11) is 0. The minimum atomic E-state index is -0.743. The monoisotopic (exact) mass is 138 g/mol. The molecule has 0 N–H and O–H groups in total. The third-order valence-corrected chi connectivity index (χ3v) is 0.903. The molecule has 0 saturated heterocycles. The quantitative estimate of drug-likeness (QED) is 0.177. The molecule has 9 heavy (non-hydrogen) atoms. The molecular formula is C5H7NaO3. The maximum atomic E-state index is 10.1. The van der Waals surface area contributed by atoms with Crippen LogP contribution in [-0.4, -0.2) is 18.4 Å². The third kappa shape index (κ3) is 3.67. The smallest absolute Gasteiger partial charge is 1.00 e. The van der Waals surface area contributed by atoms with Gasteiger partial charge in [-0.15, -0.1) is 0 Å². The molecule has 0 radical (unpaired) electrons. The molecule has 0 amide bonds. The van der Waals surface area contributed by atoms with Crippen LogP contribution >= 0.6 is 0 Å². The SMILES string of the molecule is O=CC(=O)OC1CC1.[H-].[Na+]. The Bertz CT molecular complexity index is 124. The molecule has 0 aromatic rings. The van der Waals surface area contributed by atoms with Gasteiger partial charge in [0, 0.05) is 0 Å². The molecule has 3 nitrogen and oxygen atoms in total. The molecule has 1 fully saturated rings. The first-order valence-electron chi connectivity index (χ1n) is 2.48. The van der Waals surface area contributed by atoms with Gasteiger partial charge in [-0.25, -0.2) is 4.79 Å². The molecule has 1 aliphatic carbocycles. The van der Waals surface area contributed by atoms with Gasteiger partial charge in [-0.3, -0.25) is 4.79 Å². The summed E-state index contributed by atoms with van der Waals surface area (Å²) in [5, 5.41) is 0. The molecule has 46 valence electrons. The second-order valence-electron chi connectivity index (χ2n) is 1.75. The van der Waals surface area contributed by atoms with Gasteiger partial charge in [0.15, 0.2) is 0 Å². The third-order valence-electron chi connectivity index (χ3n) is 0.903. The number of carbonyl (C=O) groups is 2. The van der Waals surface area contributed by atoms with Crippen LogP contribution < -0.4 is 29.6 Å². The fourth-order valence-electron chi connectivity index (χ4n) is 0.378. The van der Waals surface area contributed by atoms with Crippen molar-refractivity contribution in [2.24, 2.45) is 0 Å². The van der Waals surface area contributed by atoms with Crippen LogP contribution in [0.2, 0.25) is 0 Å². The zero-order chi connectivity index (χ0) is 5.98. The number of carbonyl (C=O) groups excluding carboxylic acids is 2. The molecule has 0 unspecified atom stereocenters. The first-order valence-corrected chi connectivity index (χ1v) is 2.48. The van der Waals surface area contributed by atoms with E-state index in [1.54, 1.807) is 0 Å². The number of aldehydes is 1. The fraction of sp³-hybridized carbons (Fsp3) is 0.600. The maximum Gasteiger partial charge on any atom is 1.00 e. The molecule has 0 aromatic carbocycles. The molecular weight excluding hydrogens is 131 g/mol. The zero-order valence-corrected chi connectivity index (χ0v) is 7.29. The summed E-state index contributed by atoms with van der Waals surface area (Å²) in [4.78, 5) is 19.7. The topological polar surface area (TPSA) is 43.4 Å². The zero-order valence-electron chi connectivity index (χ0n) is 6.29. The van der Waals surface area contributed by atoms with Crippen molar-refractivity contribution >= 4 is 12.3 Å². The Morgan fingerprint density at radius 2 is 2.22 bits per heavy atom. The molecule has 1 saturated carbocycles. The fourth-order valence-corrected chi connectivity index (χ4v) is 0.378. The van der Waals surface area contributed by atoms with Crippen LogP contribution in [0.25, 0.3) is 0 Å². The summed E-state index contributed by atoms with van der Waals surface area (Å²) >= 11 is 0. The van der Waals surface area contributed by atoms with Crippen molar-refractivity contribution < 1.29 is 45.3 Å². The van der Waals surface area contributed by atoms with E-state index in [1.807, 2.05) is 0 Å². The van der Waals surface area contributed by atoms with Gasteiger partial charge in [0.25, 0.3) is 0 Å². The predicted molar refractivity (Wildman–Crippen MR) is 26.3 cm³/mol. The molecule has 4 heteroatoms. The first-order chi connectivity index (χ1) is 3.83. The Balaban J connectivity index is 0. The van der Waals surface area contributed by atoms with E-state index >= 15 is 0 Å². The average molecular weight is 138 g/mol. The Kier molecular flexibility index (Phi) is 4.10. The number of ether oxygens (including phenoxy) is 1. The van der Waals surface area contributed by atoms with Crippen molar-refractivity contribution in [3.63, 3.8) is 0 Å². The van der Waals surface area contributed by atoms with E-state index < -0.39 is 5.97 Å². The van der Waals surface area contributed by atoms with Gasteiger partial charge in [-0.1, -0.05) is 0 Å². The molecule has 1 aliphatic rings. The van der Waals surface area contributed by atoms with Gasteiger partial charge in [-0.2, -0.15) is 0 Å². The van der Waals surface area contributed by atoms with Crippen LogP contribution in [0, 0.1) is 0 Å². The summed E-state index contributed by atoms with van der Waals surface area (Å²) in [5.74, 6) is -0.743. The van der Waals surface area contributed by atoms with E-state index in [0.29, 0.717) is 0 Å². The van der Waals surface area contributed by atoms with Crippen molar-refractivity contribution in [1.82, 2.24) is 0 Å². The van der Waals surface area contributed by atoms with Crippen molar-refractivity contribution in [2.75, 3.05) is 0 Å². The Labute approximate surface area is 76.5 Å². The average Bonchev–Trinajstić information content (AvgIpc) is 2.50. The van der Waals surface area contributed by atoms with E-state index in [-0.39, 0.29) is 43.4 Å². The molecule has 0 heterocycles. The van der Waals surface area contributed by atoms with Crippen molar-refractivity contribution in [3.05, 3.63) is 0 Å². The Morgan fingerprint density at radius 3 is 2.56 bits per heavy atom. The van der Waals surface area contributed by atoms with E-state index in [4.69, 9.17) is 0 Å². The van der Waals surface area contributed by atoms with Crippen LogP contribution in [0.4, 0.5) is 0 Å². The number of hydrogen-bond donors (Lipinski definition) is 0. The maximum absolute atomic E-state index is 10.1. The van der Waals surface area contributed by atoms with Crippen LogP contribution in [0.1, 0.15) is 14.3 Å². The first kappa shape index (κ1) is 9.14. The van der Waals surface area contributed by atoms with Crippen molar-refractivity contribution in [2.45, 2.75) is 18.9 Å². The van der Waals surface area contributed by atoms with Gasteiger partial charge in [0.2, 0.25) is 6.29 Å². The van der Waals surface area contributed by atoms with Crippen LogP contribution in [0.3, 0.4) is 0 Å².